The number of nitrogens with one attached hydrogen (secondary N) is 3. The molecular formula is C20H25N7. The Labute approximate surface area is 158 Å². The summed E-state index contributed by atoms with van der Waals surface area (Å²) in [7, 11) is 0. The minimum Gasteiger partial charge on any atom is -0.340 e. The lowest BCUT2D eigenvalue weighted by Crippen LogP contribution is -2.45. The SMILES string of the molecule is Cc1cc(Nc2ccc3[nH]ncc3c2)nc(N2CCCC3(CCNC3)C2)n1. The van der Waals surface area contributed by atoms with E-state index in [1.54, 1.807) is 0 Å². The number of benzene rings is 1. The molecule has 2 aromatic heterocycles. The van der Waals surface area contributed by atoms with Crippen molar-refractivity contribution in [3.8, 4) is 0 Å². The lowest BCUT2D eigenvalue weighted by molar-refractivity contribution is 0.259. The highest BCUT2D eigenvalue weighted by molar-refractivity contribution is 5.82. The highest BCUT2D eigenvalue weighted by Gasteiger charge is 2.38. The summed E-state index contributed by atoms with van der Waals surface area (Å²) >= 11 is 0. The normalized spacial score (nSPS) is 22.6. The van der Waals surface area contributed by atoms with Gasteiger partial charge in [-0.2, -0.15) is 10.1 Å². The molecule has 0 aliphatic carbocycles. The largest absolute Gasteiger partial charge is 0.340 e. The van der Waals surface area contributed by atoms with Crippen molar-refractivity contribution in [2.45, 2.75) is 26.2 Å². The third-order valence-corrected chi connectivity index (χ3v) is 5.83. The van der Waals surface area contributed by atoms with Gasteiger partial charge in [0, 0.05) is 47.9 Å². The Morgan fingerprint density at radius 1 is 1.19 bits per heavy atom. The van der Waals surface area contributed by atoms with E-state index in [4.69, 9.17) is 9.97 Å². The fourth-order valence-electron chi connectivity index (χ4n) is 4.45. The maximum atomic E-state index is 4.83. The van der Waals surface area contributed by atoms with Crippen LogP contribution < -0.4 is 15.5 Å². The van der Waals surface area contributed by atoms with Crippen LogP contribution in [0.25, 0.3) is 10.9 Å². The molecule has 1 spiro atoms. The van der Waals surface area contributed by atoms with E-state index in [0.717, 1.165) is 60.2 Å². The number of piperidine rings is 1. The maximum Gasteiger partial charge on any atom is 0.227 e. The molecule has 3 aromatic rings. The van der Waals surface area contributed by atoms with Crippen molar-refractivity contribution in [1.29, 1.82) is 0 Å². The van der Waals surface area contributed by atoms with Gasteiger partial charge >= 0.3 is 0 Å². The molecule has 2 aliphatic rings. The third kappa shape index (κ3) is 3.23. The van der Waals surface area contributed by atoms with Crippen molar-refractivity contribution in [1.82, 2.24) is 25.5 Å². The predicted molar refractivity (Wildman–Crippen MR) is 108 cm³/mol. The fourth-order valence-corrected chi connectivity index (χ4v) is 4.45. The van der Waals surface area contributed by atoms with Crippen molar-refractivity contribution in [3.05, 3.63) is 36.2 Å². The Balaban J connectivity index is 1.40. The Hall–Kier alpha value is -2.67. The Kier molecular flexibility index (Phi) is 3.97. The summed E-state index contributed by atoms with van der Waals surface area (Å²) in [5, 5.41) is 15.1. The topological polar surface area (TPSA) is 81.8 Å². The van der Waals surface area contributed by atoms with E-state index >= 15 is 0 Å². The van der Waals surface area contributed by atoms with Gasteiger partial charge in [0.05, 0.1) is 11.7 Å². The molecular weight excluding hydrogens is 338 g/mol. The number of aryl methyl sites for hydroxylation is 1. The Morgan fingerprint density at radius 3 is 3.04 bits per heavy atom. The molecule has 5 rings (SSSR count). The molecule has 1 aromatic carbocycles. The van der Waals surface area contributed by atoms with Crippen molar-refractivity contribution >= 4 is 28.4 Å². The second-order valence-corrected chi connectivity index (χ2v) is 7.94. The molecule has 2 aliphatic heterocycles. The first kappa shape index (κ1) is 16.5. The molecule has 3 N–H and O–H groups in total. The van der Waals surface area contributed by atoms with Gasteiger partial charge in [-0.25, -0.2) is 4.98 Å². The van der Waals surface area contributed by atoms with Gasteiger partial charge in [-0.15, -0.1) is 0 Å². The number of nitrogens with zero attached hydrogens (tertiary/aromatic N) is 4. The molecule has 2 saturated heterocycles. The zero-order valence-electron chi connectivity index (χ0n) is 15.6. The molecule has 27 heavy (non-hydrogen) atoms. The summed E-state index contributed by atoms with van der Waals surface area (Å²) in [6.07, 6.45) is 5.60. The summed E-state index contributed by atoms with van der Waals surface area (Å²) in [5.41, 5.74) is 3.41. The minimum absolute atomic E-state index is 0.394. The number of anilines is 3. The summed E-state index contributed by atoms with van der Waals surface area (Å²) in [4.78, 5) is 11.9. The summed E-state index contributed by atoms with van der Waals surface area (Å²) in [5.74, 6) is 1.68. The zero-order chi connectivity index (χ0) is 18.3. The van der Waals surface area contributed by atoms with Crippen LogP contribution in [0.15, 0.2) is 30.5 Å². The second-order valence-electron chi connectivity index (χ2n) is 7.94. The second kappa shape index (κ2) is 6.49. The lowest BCUT2D eigenvalue weighted by atomic mass is 9.79. The molecule has 0 saturated carbocycles. The van der Waals surface area contributed by atoms with E-state index in [1.807, 2.05) is 31.3 Å². The van der Waals surface area contributed by atoms with E-state index in [-0.39, 0.29) is 0 Å². The van der Waals surface area contributed by atoms with Crippen molar-refractivity contribution in [3.63, 3.8) is 0 Å². The summed E-state index contributed by atoms with van der Waals surface area (Å²) in [6, 6.07) is 8.15. The molecule has 1 atom stereocenters. The third-order valence-electron chi connectivity index (χ3n) is 5.83. The quantitative estimate of drug-likeness (QED) is 0.664. The standard InChI is InChI=1S/C20H25N7/c1-14-9-18(24-16-3-4-17-15(10-16)11-22-26-17)25-19(23-14)27-8-2-5-20(13-27)6-7-21-12-20/h3-4,9-11,21H,2,5-8,12-13H2,1H3,(H,22,26)(H,23,24,25). The molecule has 0 radical (unpaired) electrons. The van der Waals surface area contributed by atoms with Gasteiger partial charge in [0.1, 0.15) is 5.82 Å². The highest BCUT2D eigenvalue weighted by Crippen LogP contribution is 2.36. The van der Waals surface area contributed by atoms with Gasteiger partial charge in [0.15, 0.2) is 0 Å². The van der Waals surface area contributed by atoms with Crippen LogP contribution in [0.1, 0.15) is 25.0 Å². The molecule has 2 fully saturated rings. The van der Waals surface area contributed by atoms with Crippen LogP contribution >= 0.6 is 0 Å². The maximum absolute atomic E-state index is 4.83. The lowest BCUT2D eigenvalue weighted by Gasteiger charge is -2.40. The predicted octanol–water partition coefficient (Wildman–Crippen LogP) is 2.98. The van der Waals surface area contributed by atoms with Crippen molar-refractivity contribution in [2.24, 2.45) is 5.41 Å². The van der Waals surface area contributed by atoms with E-state index in [2.05, 4.69) is 31.8 Å². The van der Waals surface area contributed by atoms with Crippen molar-refractivity contribution < 1.29 is 0 Å². The van der Waals surface area contributed by atoms with E-state index in [1.165, 1.54) is 19.3 Å². The molecule has 4 heterocycles. The number of fused-ring (bicyclic) bond motifs is 1. The van der Waals surface area contributed by atoms with Gasteiger partial charge in [-0.05, 0) is 50.9 Å². The molecule has 7 nitrogen and oxygen atoms in total. The van der Waals surface area contributed by atoms with E-state index < -0.39 is 0 Å². The van der Waals surface area contributed by atoms with Gasteiger partial charge in [0.25, 0.3) is 0 Å². The number of rotatable bonds is 3. The average molecular weight is 363 g/mol. The zero-order valence-corrected chi connectivity index (χ0v) is 15.6. The van der Waals surface area contributed by atoms with Crippen LogP contribution in [0, 0.1) is 12.3 Å². The first-order valence-corrected chi connectivity index (χ1v) is 9.71. The number of hydrogen-bond acceptors (Lipinski definition) is 6. The molecule has 1 unspecified atom stereocenters. The number of hydrogen-bond donors (Lipinski definition) is 3. The first-order chi connectivity index (χ1) is 13.2. The van der Waals surface area contributed by atoms with Gasteiger partial charge in [-0.1, -0.05) is 0 Å². The monoisotopic (exact) mass is 363 g/mol. The minimum atomic E-state index is 0.394. The first-order valence-electron chi connectivity index (χ1n) is 9.71. The molecule has 0 bridgehead atoms. The molecule has 7 heteroatoms. The van der Waals surface area contributed by atoms with E-state index in [0.29, 0.717) is 5.41 Å². The fraction of sp³-hybridized carbons (Fsp3) is 0.450. The van der Waals surface area contributed by atoms with Crippen LogP contribution in [-0.4, -0.2) is 46.3 Å². The van der Waals surface area contributed by atoms with Gasteiger partial charge in [-0.3, -0.25) is 5.10 Å². The summed E-state index contributed by atoms with van der Waals surface area (Å²) < 4.78 is 0. The summed E-state index contributed by atoms with van der Waals surface area (Å²) in [6.45, 7) is 6.36. The van der Waals surface area contributed by atoms with Crippen molar-refractivity contribution in [2.75, 3.05) is 36.4 Å². The highest BCUT2D eigenvalue weighted by atomic mass is 15.3. The number of H-pyrrole nitrogens is 1. The van der Waals surface area contributed by atoms with Gasteiger partial charge in [0.2, 0.25) is 5.95 Å². The van der Waals surface area contributed by atoms with Crippen LogP contribution in [0.3, 0.4) is 0 Å². The van der Waals surface area contributed by atoms with Crippen LogP contribution in [0.5, 0.6) is 0 Å². The molecule has 0 amide bonds. The van der Waals surface area contributed by atoms with E-state index in [9.17, 15) is 0 Å². The Bertz CT molecular complexity index is 958. The van der Waals surface area contributed by atoms with Crippen LogP contribution in [-0.2, 0) is 0 Å². The molecule has 140 valence electrons. The number of aromatic nitrogens is 4. The average Bonchev–Trinajstić information content (AvgIpc) is 3.30. The smallest absolute Gasteiger partial charge is 0.227 e. The number of aromatic amines is 1. The Morgan fingerprint density at radius 2 is 2.15 bits per heavy atom. The van der Waals surface area contributed by atoms with Crippen LogP contribution in [0.4, 0.5) is 17.5 Å². The van der Waals surface area contributed by atoms with Gasteiger partial charge < -0.3 is 15.5 Å². The van der Waals surface area contributed by atoms with Crippen LogP contribution in [0.2, 0.25) is 0 Å².